The molecule has 18 heteroatoms. The van der Waals surface area contributed by atoms with Gasteiger partial charge in [0.2, 0.25) is 23.6 Å². The van der Waals surface area contributed by atoms with Crippen LogP contribution in [0.25, 0.3) is 0 Å². The first-order valence-electron chi connectivity index (χ1n) is 14.5. The lowest BCUT2D eigenvalue weighted by atomic mass is 10.0. The number of carbonyl (C=O) groups excluding carboxylic acids is 7. The number of amides is 6. The number of nitrogens with zero attached hydrogens (tertiary/aromatic N) is 2. The largest absolute Gasteiger partial charge is 0.461 e. The van der Waals surface area contributed by atoms with E-state index in [1.54, 1.807) is 38.1 Å². The fourth-order valence-electron chi connectivity index (χ4n) is 3.99. The third kappa shape index (κ3) is 14.5. The lowest BCUT2D eigenvalue weighted by Gasteiger charge is -2.26. The molecule has 0 aromatic heterocycles. The van der Waals surface area contributed by atoms with Gasteiger partial charge in [-0.25, -0.2) is 0 Å². The first kappa shape index (κ1) is 38.5. The smallest absolute Gasteiger partial charge is 0.302 e. The summed E-state index contributed by atoms with van der Waals surface area (Å²) in [5, 5.41) is 7.67. The number of carbonyl (C=O) groups is 7. The molecule has 0 saturated carbocycles. The maximum atomic E-state index is 12.9. The molecule has 0 bridgehead atoms. The number of hydrogen-bond donors (Lipinski definition) is 4. The number of imide groups is 1. The minimum Gasteiger partial charge on any atom is -0.461 e. The van der Waals surface area contributed by atoms with E-state index >= 15 is 0 Å². The highest BCUT2D eigenvalue weighted by molar-refractivity contribution is 7.85. The molecule has 4 N–H and O–H groups in total. The van der Waals surface area contributed by atoms with Crippen LogP contribution < -0.4 is 16.0 Å². The van der Waals surface area contributed by atoms with Gasteiger partial charge in [-0.15, -0.1) is 0 Å². The molecule has 0 unspecified atom stereocenters. The molecule has 1 aromatic carbocycles. The van der Waals surface area contributed by atoms with Gasteiger partial charge in [0.1, 0.15) is 19.2 Å². The van der Waals surface area contributed by atoms with Crippen molar-refractivity contribution in [1.29, 1.82) is 0 Å². The van der Waals surface area contributed by atoms with E-state index in [-0.39, 0.29) is 45.2 Å². The van der Waals surface area contributed by atoms with Crippen molar-refractivity contribution in [3.8, 4) is 0 Å². The van der Waals surface area contributed by atoms with Gasteiger partial charge in [0.15, 0.2) is 0 Å². The number of nitrogens with one attached hydrogen (secondary N) is 3. The summed E-state index contributed by atoms with van der Waals surface area (Å²) in [7, 11) is -4.26. The molecule has 6 amide bonds. The Bertz CT molecular complexity index is 1440. The Morgan fingerprint density at radius 1 is 0.957 bits per heavy atom. The van der Waals surface area contributed by atoms with Gasteiger partial charge in [-0.1, -0.05) is 26.0 Å². The minimum absolute atomic E-state index is 0.0860. The molecule has 0 radical (unpaired) electrons. The zero-order valence-corrected chi connectivity index (χ0v) is 27.0. The lowest BCUT2D eigenvalue weighted by molar-refractivity contribution is -0.145. The molecule has 1 atom stereocenters. The summed E-state index contributed by atoms with van der Waals surface area (Å²) in [4.78, 5) is 87.6. The molecular formula is C29H39N5O12S. The Balaban J connectivity index is 1.91. The van der Waals surface area contributed by atoms with Gasteiger partial charge in [0.05, 0.1) is 25.5 Å². The molecule has 2 rings (SSSR count). The van der Waals surface area contributed by atoms with Crippen LogP contribution in [0.1, 0.15) is 32.8 Å². The molecule has 47 heavy (non-hydrogen) atoms. The average Bonchev–Trinajstić information content (AvgIpc) is 3.30. The first-order valence-corrected chi connectivity index (χ1v) is 16.1. The van der Waals surface area contributed by atoms with Gasteiger partial charge in [-0.2, -0.15) is 8.42 Å². The van der Waals surface area contributed by atoms with Gasteiger partial charge in [0, 0.05) is 44.3 Å². The van der Waals surface area contributed by atoms with E-state index < -0.39 is 76.4 Å². The van der Waals surface area contributed by atoms with Crippen molar-refractivity contribution < 1.29 is 56.0 Å². The van der Waals surface area contributed by atoms with Crippen LogP contribution >= 0.6 is 0 Å². The van der Waals surface area contributed by atoms with Crippen molar-refractivity contribution in [2.75, 3.05) is 50.5 Å². The maximum absolute atomic E-state index is 12.9. The molecule has 0 fully saturated rings. The Hall–Kier alpha value is -4.68. The first-order chi connectivity index (χ1) is 22.1. The normalized spacial score (nSPS) is 13.3. The molecule has 0 saturated heterocycles. The topological polar surface area (TPSA) is 235 Å². The molecule has 17 nitrogen and oxygen atoms in total. The Morgan fingerprint density at radius 3 is 2.17 bits per heavy atom. The standard InChI is InChI=1S/C29H39N5O12S/c1-19(2)28(29(41)30-16-24(37)31-22-6-4-21(5-7-22)18-46-20(3)35)32-23(36)10-11-33(12-13-45-14-15-47(42,43)44)27(40)17-34-25(38)8-9-26(34)39/h4-9,19,28H,10-18H2,1-3H3,(H,30,41)(H,31,37)(H,32,36)(H,42,43,44)/t28-/m0/s1. The monoisotopic (exact) mass is 681 g/mol. The van der Waals surface area contributed by atoms with Gasteiger partial charge in [-0.05, 0) is 23.6 Å². The number of benzene rings is 1. The third-order valence-corrected chi connectivity index (χ3v) is 7.20. The molecule has 0 aliphatic carbocycles. The molecule has 1 heterocycles. The van der Waals surface area contributed by atoms with E-state index in [0.29, 0.717) is 16.2 Å². The van der Waals surface area contributed by atoms with Crippen LogP contribution in [0.4, 0.5) is 5.69 Å². The van der Waals surface area contributed by atoms with Crippen LogP contribution in [0.2, 0.25) is 0 Å². The highest BCUT2D eigenvalue weighted by Gasteiger charge is 2.29. The predicted molar refractivity (Wildman–Crippen MR) is 165 cm³/mol. The number of esters is 1. The van der Waals surface area contributed by atoms with Crippen LogP contribution in [0, 0.1) is 5.92 Å². The van der Waals surface area contributed by atoms with Crippen molar-refractivity contribution >= 4 is 57.2 Å². The van der Waals surface area contributed by atoms with E-state index in [9.17, 15) is 42.0 Å². The van der Waals surface area contributed by atoms with E-state index in [0.717, 1.165) is 17.1 Å². The second-order valence-corrected chi connectivity index (χ2v) is 12.2. The fraction of sp³-hybridized carbons (Fsp3) is 0.483. The van der Waals surface area contributed by atoms with Crippen LogP contribution in [0.3, 0.4) is 0 Å². The van der Waals surface area contributed by atoms with Crippen molar-refractivity contribution in [2.45, 2.75) is 39.8 Å². The Labute approximate surface area is 271 Å². The molecule has 258 valence electrons. The maximum Gasteiger partial charge on any atom is 0.302 e. The highest BCUT2D eigenvalue weighted by Crippen LogP contribution is 2.11. The summed E-state index contributed by atoms with van der Waals surface area (Å²) < 4.78 is 40.6. The van der Waals surface area contributed by atoms with Crippen molar-refractivity contribution in [2.24, 2.45) is 5.92 Å². The van der Waals surface area contributed by atoms with Gasteiger partial charge in [0.25, 0.3) is 21.9 Å². The summed E-state index contributed by atoms with van der Waals surface area (Å²) >= 11 is 0. The van der Waals surface area contributed by atoms with Gasteiger partial charge < -0.3 is 30.3 Å². The third-order valence-electron chi connectivity index (χ3n) is 6.52. The summed E-state index contributed by atoms with van der Waals surface area (Å²) in [6, 6.07) is 5.50. The second kappa shape index (κ2) is 18.5. The van der Waals surface area contributed by atoms with Gasteiger partial charge >= 0.3 is 5.97 Å². The predicted octanol–water partition coefficient (Wildman–Crippen LogP) is -1.01. The van der Waals surface area contributed by atoms with Crippen LogP contribution in [-0.4, -0.2) is 115 Å². The molecular weight excluding hydrogens is 642 g/mol. The van der Waals surface area contributed by atoms with Crippen molar-refractivity contribution in [3.63, 3.8) is 0 Å². The zero-order chi connectivity index (χ0) is 35.1. The van der Waals surface area contributed by atoms with E-state index in [1.165, 1.54) is 6.92 Å². The van der Waals surface area contributed by atoms with E-state index in [2.05, 4.69) is 16.0 Å². The second-order valence-electron chi connectivity index (χ2n) is 10.7. The molecule has 0 spiro atoms. The fourth-order valence-corrected chi connectivity index (χ4v) is 4.32. The molecule has 1 aliphatic heterocycles. The van der Waals surface area contributed by atoms with Crippen LogP contribution in [0.5, 0.6) is 0 Å². The number of rotatable bonds is 19. The number of ether oxygens (including phenoxy) is 2. The van der Waals surface area contributed by atoms with Crippen molar-refractivity contribution in [3.05, 3.63) is 42.0 Å². The molecule has 1 aromatic rings. The van der Waals surface area contributed by atoms with E-state index in [4.69, 9.17) is 14.0 Å². The van der Waals surface area contributed by atoms with E-state index in [1.807, 2.05) is 0 Å². The van der Waals surface area contributed by atoms with Crippen LogP contribution in [0.15, 0.2) is 36.4 Å². The van der Waals surface area contributed by atoms with Crippen molar-refractivity contribution in [1.82, 2.24) is 20.4 Å². The lowest BCUT2D eigenvalue weighted by Crippen LogP contribution is -2.51. The summed E-state index contributed by atoms with van der Waals surface area (Å²) in [6.07, 6.45) is 1.74. The summed E-state index contributed by atoms with van der Waals surface area (Å²) in [6.45, 7) is 2.86. The molecule has 1 aliphatic rings. The quantitative estimate of drug-likeness (QED) is 0.0595. The zero-order valence-electron chi connectivity index (χ0n) is 26.2. The Kier molecular flexibility index (Phi) is 15.1. The minimum atomic E-state index is -4.26. The van der Waals surface area contributed by atoms with Crippen LogP contribution in [-0.2, 0) is 59.8 Å². The number of anilines is 1. The van der Waals surface area contributed by atoms with Gasteiger partial charge in [-0.3, -0.25) is 43.0 Å². The summed E-state index contributed by atoms with van der Waals surface area (Å²) in [5.41, 5.74) is 1.16. The summed E-state index contributed by atoms with van der Waals surface area (Å²) in [5.74, 6) is -5.30. The Morgan fingerprint density at radius 2 is 1.60 bits per heavy atom. The number of hydrogen-bond acceptors (Lipinski definition) is 11. The highest BCUT2D eigenvalue weighted by atomic mass is 32.2. The average molecular weight is 682 g/mol. The SMILES string of the molecule is CC(=O)OCc1ccc(NC(=O)CNC(=O)[C@@H](NC(=O)CCN(CCOCCS(=O)(=O)O)C(=O)CN2C(=O)C=CC2=O)C(C)C)cc1.